The molecule has 0 saturated carbocycles. The molecule has 0 radical (unpaired) electrons. The van der Waals surface area contributed by atoms with Crippen molar-refractivity contribution in [2.45, 2.75) is 24.7 Å². The third kappa shape index (κ3) is 3.56. The molecule has 1 aromatic rings. The summed E-state index contributed by atoms with van der Waals surface area (Å²) >= 11 is 0. The van der Waals surface area contributed by atoms with Gasteiger partial charge in [0, 0.05) is 6.42 Å². The zero-order valence-corrected chi connectivity index (χ0v) is 10.2. The van der Waals surface area contributed by atoms with Crippen molar-refractivity contribution >= 4 is 15.8 Å². The zero-order chi connectivity index (χ0) is 12.3. The molecule has 0 unspecified atom stereocenters. The topological polar surface area (TPSA) is 60.4 Å². The van der Waals surface area contributed by atoms with Crippen LogP contribution in [0, 0.1) is 0 Å². The van der Waals surface area contributed by atoms with E-state index >= 15 is 0 Å². The van der Waals surface area contributed by atoms with Gasteiger partial charge in [0.1, 0.15) is 6.10 Å². The van der Waals surface area contributed by atoms with Gasteiger partial charge >= 0.3 is 5.97 Å². The van der Waals surface area contributed by atoms with E-state index < -0.39 is 15.9 Å². The Morgan fingerprint density at radius 3 is 2.53 bits per heavy atom. The number of ether oxygens (including phenoxy) is 1. The second-order valence-electron chi connectivity index (χ2n) is 4.19. The molecule has 1 aliphatic heterocycles. The van der Waals surface area contributed by atoms with Crippen molar-refractivity contribution in [1.82, 2.24) is 0 Å². The van der Waals surface area contributed by atoms with Crippen LogP contribution in [0.2, 0.25) is 0 Å². The van der Waals surface area contributed by atoms with Gasteiger partial charge in [-0.2, -0.15) is 0 Å². The highest BCUT2D eigenvalue weighted by Crippen LogP contribution is 2.17. The van der Waals surface area contributed by atoms with E-state index in [0.717, 1.165) is 5.56 Å². The van der Waals surface area contributed by atoms with Crippen molar-refractivity contribution in [3.8, 4) is 0 Å². The lowest BCUT2D eigenvalue weighted by Gasteiger charge is -2.09. The van der Waals surface area contributed by atoms with Crippen LogP contribution in [0.3, 0.4) is 0 Å². The molecular weight excluding hydrogens is 240 g/mol. The molecule has 0 aliphatic carbocycles. The van der Waals surface area contributed by atoms with Crippen LogP contribution >= 0.6 is 0 Å². The van der Waals surface area contributed by atoms with Gasteiger partial charge in [0.05, 0.1) is 11.5 Å². The van der Waals surface area contributed by atoms with E-state index in [2.05, 4.69) is 0 Å². The van der Waals surface area contributed by atoms with Gasteiger partial charge in [-0.1, -0.05) is 30.3 Å². The first kappa shape index (κ1) is 12.1. The van der Waals surface area contributed by atoms with Gasteiger partial charge in [-0.15, -0.1) is 0 Å². The highest BCUT2D eigenvalue weighted by molar-refractivity contribution is 7.90. The van der Waals surface area contributed by atoms with Gasteiger partial charge in [0.25, 0.3) is 0 Å². The molecule has 92 valence electrons. The summed E-state index contributed by atoms with van der Waals surface area (Å²) in [7, 11) is -3.22. The first-order valence-electron chi connectivity index (χ1n) is 5.49. The predicted molar refractivity (Wildman–Crippen MR) is 63.0 cm³/mol. The van der Waals surface area contributed by atoms with Crippen LogP contribution < -0.4 is 0 Å². The minimum absolute atomic E-state index is 0.00188. The van der Waals surface area contributed by atoms with E-state index in [1.807, 2.05) is 6.07 Å². The molecule has 1 aliphatic rings. The fraction of sp³-hybridized carbons (Fsp3) is 0.417. The molecule has 4 nitrogen and oxygen atoms in total. The van der Waals surface area contributed by atoms with Gasteiger partial charge in [0.15, 0.2) is 9.84 Å². The number of carbonyl (C=O) groups is 1. The van der Waals surface area contributed by atoms with Gasteiger partial charge < -0.3 is 4.74 Å². The summed E-state index contributed by atoms with van der Waals surface area (Å²) in [6, 6.07) is 9.01. The van der Waals surface area contributed by atoms with Crippen molar-refractivity contribution in [2.24, 2.45) is 0 Å². The second kappa shape index (κ2) is 4.87. The molecule has 1 aromatic carbocycles. The van der Waals surface area contributed by atoms with Crippen molar-refractivity contribution < 1.29 is 17.9 Å². The molecule has 0 spiro atoms. The fourth-order valence-electron chi connectivity index (χ4n) is 1.87. The minimum atomic E-state index is -3.22. The number of sulfone groups is 1. The number of hydrogen-bond acceptors (Lipinski definition) is 4. The fourth-order valence-corrected chi connectivity index (χ4v) is 3.49. The molecule has 1 heterocycles. The Balaban J connectivity index is 1.98. The van der Waals surface area contributed by atoms with E-state index in [1.54, 1.807) is 24.3 Å². The quantitative estimate of drug-likeness (QED) is 0.760. The van der Waals surface area contributed by atoms with Crippen molar-refractivity contribution in [3.63, 3.8) is 0 Å². The summed E-state index contributed by atoms with van der Waals surface area (Å²) in [4.78, 5) is 10.9. The molecule has 0 aromatic heterocycles. The van der Waals surface area contributed by atoms with E-state index in [9.17, 15) is 13.2 Å². The maximum atomic E-state index is 11.9. The largest absolute Gasteiger partial charge is 0.461 e. The Labute approximate surface area is 101 Å². The number of carbonyl (C=O) groups excluding carboxylic acids is 1. The number of rotatable bonds is 4. The molecule has 1 fully saturated rings. The molecule has 0 N–H and O–H groups in total. The van der Waals surface area contributed by atoms with E-state index in [-0.39, 0.29) is 17.5 Å². The van der Waals surface area contributed by atoms with Crippen molar-refractivity contribution in [1.29, 1.82) is 0 Å². The molecule has 1 saturated heterocycles. The highest BCUT2D eigenvalue weighted by atomic mass is 32.2. The summed E-state index contributed by atoms with van der Waals surface area (Å²) in [6.07, 6.45) is 0.370. The molecule has 0 amide bonds. The van der Waals surface area contributed by atoms with Crippen molar-refractivity contribution in [2.75, 3.05) is 5.75 Å². The number of benzene rings is 1. The first-order chi connectivity index (χ1) is 8.05. The lowest BCUT2D eigenvalue weighted by Crippen LogP contribution is -2.22. The number of hydrogen-bond donors (Lipinski definition) is 0. The summed E-state index contributed by atoms with van der Waals surface area (Å²) in [6.45, 7) is 0. The SMILES string of the molecule is O=C1CC[C@@H](CS(=O)(=O)Cc2ccccc2)O1. The monoisotopic (exact) mass is 254 g/mol. The first-order valence-corrected chi connectivity index (χ1v) is 7.31. The van der Waals surface area contributed by atoms with Crippen LogP contribution in [-0.4, -0.2) is 26.2 Å². The average molecular weight is 254 g/mol. The third-order valence-electron chi connectivity index (χ3n) is 2.64. The third-order valence-corrected chi connectivity index (χ3v) is 4.29. The number of cyclic esters (lactones) is 1. The minimum Gasteiger partial charge on any atom is -0.461 e. The summed E-state index contributed by atoms with van der Waals surface area (Å²) < 4.78 is 28.7. The highest BCUT2D eigenvalue weighted by Gasteiger charge is 2.28. The van der Waals surface area contributed by atoms with Crippen molar-refractivity contribution in [3.05, 3.63) is 35.9 Å². The average Bonchev–Trinajstić information content (AvgIpc) is 2.63. The summed E-state index contributed by atoms with van der Waals surface area (Å²) in [5.74, 6) is -0.375. The van der Waals surface area contributed by atoms with E-state index in [4.69, 9.17) is 4.74 Å². The summed E-state index contributed by atoms with van der Waals surface area (Å²) in [5.41, 5.74) is 0.761. The van der Waals surface area contributed by atoms with Crippen LogP contribution in [-0.2, 0) is 25.1 Å². The maximum absolute atomic E-state index is 11.9. The lowest BCUT2D eigenvalue weighted by molar-refractivity contribution is -0.140. The maximum Gasteiger partial charge on any atom is 0.306 e. The van der Waals surface area contributed by atoms with Crippen LogP contribution in [0.5, 0.6) is 0 Å². The summed E-state index contributed by atoms with van der Waals surface area (Å²) in [5, 5.41) is 0. The second-order valence-corrected chi connectivity index (χ2v) is 6.30. The van der Waals surface area contributed by atoms with Gasteiger partial charge in [0.2, 0.25) is 0 Å². The van der Waals surface area contributed by atoms with Crippen LogP contribution in [0.1, 0.15) is 18.4 Å². The van der Waals surface area contributed by atoms with Crippen LogP contribution in [0.4, 0.5) is 0 Å². The molecule has 17 heavy (non-hydrogen) atoms. The van der Waals surface area contributed by atoms with Crippen LogP contribution in [0.25, 0.3) is 0 Å². The smallest absolute Gasteiger partial charge is 0.306 e. The molecule has 5 heteroatoms. The Hall–Kier alpha value is -1.36. The Morgan fingerprint density at radius 2 is 1.94 bits per heavy atom. The van der Waals surface area contributed by atoms with Gasteiger partial charge in [-0.05, 0) is 12.0 Å². The van der Waals surface area contributed by atoms with E-state index in [0.29, 0.717) is 12.8 Å². The Morgan fingerprint density at radius 1 is 1.24 bits per heavy atom. The van der Waals surface area contributed by atoms with Crippen LogP contribution in [0.15, 0.2) is 30.3 Å². The molecular formula is C12H14O4S. The molecule has 0 bridgehead atoms. The normalized spacial score (nSPS) is 20.2. The molecule has 1 atom stereocenters. The Kier molecular flexibility index (Phi) is 3.47. The van der Waals surface area contributed by atoms with Gasteiger partial charge in [-0.25, -0.2) is 8.42 Å². The zero-order valence-electron chi connectivity index (χ0n) is 9.33. The Bertz CT molecular complexity index is 492. The predicted octanol–water partition coefficient (Wildman–Crippen LogP) is 1.31. The standard InChI is InChI=1S/C12H14O4S/c13-12-7-6-11(16-12)9-17(14,15)8-10-4-2-1-3-5-10/h1-5,11H,6-9H2/t11-/m0/s1. The van der Waals surface area contributed by atoms with E-state index in [1.165, 1.54) is 0 Å². The van der Waals surface area contributed by atoms with Gasteiger partial charge in [-0.3, -0.25) is 4.79 Å². The molecule has 2 rings (SSSR count). The number of esters is 1. The lowest BCUT2D eigenvalue weighted by atomic mass is 10.2.